The lowest BCUT2D eigenvalue weighted by molar-refractivity contribution is 0.0721. The van der Waals surface area contributed by atoms with Crippen molar-refractivity contribution in [2.45, 2.75) is 37.8 Å². The number of carbonyl (C=O) groups is 1. The van der Waals surface area contributed by atoms with Crippen molar-refractivity contribution >= 4 is 16.8 Å². The van der Waals surface area contributed by atoms with Crippen LogP contribution < -0.4 is 5.43 Å². The van der Waals surface area contributed by atoms with E-state index in [4.69, 9.17) is 0 Å². The molecule has 6 heteroatoms. The first-order valence-electron chi connectivity index (χ1n) is 8.70. The number of H-pyrrole nitrogens is 1. The molecule has 2 aliphatic rings. The Hall–Kier alpha value is -2.21. The molecule has 0 unspecified atom stereocenters. The zero-order valence-electron chi connectivity index (χ0n) is 14.0. The minimum atomic E-state index is -0.502. The Kier molecular flexibility index (Phi) is 3.87. The molecule has 132 valence electrons. The topological polar surface area (TPSA) is 73.4 Å². The van der Waals surface area contributed by atoms with Gasteiger partial charge in [-0.25, -0.2) is 4.39 Å². The highest BCUT2D eigenvalue weighted by atomic mass is 19.1. The molecule has 1 aromatic carbocycles. The number of hydrogen-bond donors (Lipinski definition) is 2. The van der Waals surface area contributed by atoms with Gasteiger partial charge in [0.25, 0.3) is 5.91 Å². The van der Waals surface area contributed by atoms with Crippen LogP contribution in [-0.4, -0.2) is 40.1 Å². The highest BCUT2D eigenvalue weighted by molar-refractivity contribution is 5.97. The van der Waals surface area contributed by atoms with Crippen molar-refractivity contribution in [3.05, 3.63) is 46.0 Å². The summed E-state index contributed by atoms with van der Waals surface area (Å²) in [6.45, 7) is 0. The molecule has 2 aliphatic carbocycles. The van der Waals surface area contributed by atoms with Crippen LogP contribution in [0.3, 0.4) is 0 Å². The highest BCUT2D eigenvalue weighted by Gasteiger charge is 2.43. The fraction of sp³-hybridized carbons (Fsp3) is 0.474. The third kappa shape index (κ3) is 2.74. The predicted octanol–water partition coefficient (Wildman–Crippen LogP) is 2.29. The van der Waals surface area contributed by atoms with E-state index in [1.54, 1.807) is 11.9 Å². The first-order chi connectivity index (χ1) is 11.9. The van der Waals surface area contributed by atoms with Gasteiger partial charge in [-0.2, -0.15) is 0 Å². The fourth-order valence-electron chi connectivity index (χ4n) is 4.57. The van der Waals surface area contributed by atoms with Crippen LogP contribution >= 0.6 is 0 Å². The second-order valence-electron chi connectivity index (χ2n) is 7.41. The Morgan fingerprint density at radius 2 is 1.92 bits per heavy atom. The van der Waals surface area contributed by atoms with Gasteiger partial charge in [0.15, 0.2) is 0 Å². The fourth-order valence-corrected chi connectivity index (χ4v) is 4.57. The van der Waals surface area contributed by atoms with Crippen molar-refractivity contribution in [3.8, 4) is 0 Å². The number of pyridine rings is 1. The molecule has 2 saturated carbocycles. The Labute approximate surface area is 144 Å². The second-order valence-corrected chi connectivity index (χ2v) is 7.41. The van der Waals surface area contributed by atoms with Gasteiger partial charge < -0.3 is 15.0 Å². The van der Waals surface area contributed by atoms with Crippen LogP contribution in [0.4, 0.5) is 4.39 Å². The minimum Gasteiger partial charge on any atom is -0.393 e. The van der Waals surface area contributed by atoms with Gasteiger partial charge >= 0.3 is 0 Å². The number of aliphatic hydroxyl groups excluding tert-OH is 1. The number of aromatic amines is 1. The highest BCUT2D eigenvalue weighted by Crippen LogP contribution is 2.45. The summed E-state index contributed by atoms with van der Waals surface area (Å²) >= 11 is 0. The number of halogens is 1. The van der Waals surface area contributed by atoms with Gasteiger partial charge in [0.2, 0.25) is 5.43 Å². The molecule has 0 aliphatic heterocycles. The van der Waals surface area contributed by atoms with Crippen molar-refractivity contribution in [1.29, 1.82) is 0 Å². The zero-order chi connectivity index (χ0) is 17.7. The monoisotopic (exact) mass is 344 g/mol. The average molecular weight is 344 g/mol. The maximum Gasteiger partial charge on any atom is 0.259 e. The number of nitrogens with zero attached hydrogens (tertiary/aromatic N) is 1. The summed E-state index contributed by atoms with van der Waals surface area (Å²) in [5.41, 5.74) is 0.103. The van der Waals surface area contributed by atoms with E-state index in [1.165, 1.54) is 18.3 Å². The van der Waals surface area contributed by atoms with E-state index in [-0.39, 0.29) is 29.0 Å². The van der Waals surface area contributed by atoms with E-state index in [0.29, 0.717) is 17.4 Å². The molecular weight excluding hydrogens is 323 g/mol. The molecule has 5 nitrogen and oxygen atoms in total. The van der Waals surface area contributed by atoms with E-state index >= 15 is 0 Å². The maximum absolute atomic E-state index is 13.4. The summed E-state index contributed by atoms with van der Waals surface area (Å²) in [5.74, 6) is 0.0783. The molecule has 0 spiro atoms. The third-order valence-electron chi connectivity index (χ3n) is 5.91. The van der Waals surface area contributed by atoms with E-state index in [2.05, 4.69) is 4.98 Å². The Morgan fingerprint density at radius 1 is 1.24 bits per heavy atom. The zero-order valence-corrected chi connectivity index (χ0v) is 14.0. The number of nitrogens with one attached hydrogen (secondary N) is 1. The van der Waals surface area contributed by atoms with Crippen molar-refractivity contribution < 1.29 is 14.3 Å². The van der Waals surface area contributed by atoms with Gasteiger partial charge in [-0.05, 0) is 55.7 Å². The van der Waals surface area contributed by atoms with Gasteiger partial charge in [-0.15, -0.1) is 0 Å². The molecule has 2 atom stereocenters. The summed E-state index contributed by atoms with van der Waals surface area (Å²) in [6, 6.07) is 4.01. The third-order valence-corrected chi connectivity index (χ3v) is 5.91. The van der Waals surface area contributed by atoms with Crippen LogP contribution in [0.15, 0.2) is 29.2 Å². The lowest BCUT2D eigenvalue weighted by Crippen LogP contribution is -2.38. The molecule has 1 heterocycles. The number of benzene rings is 1. The van der Waals surface area contributed by atoms with Gasteiger partial charge in [0, 0.05) is 30.2 Å². The van der Waals surface area contributed by atoms with E-state index in [9.17, 15) is 19.1 Å². The summed E-state index contributed by atoms with van der Waals surface area (Å²) < 4.78 is 13.4. The molecule has 0 bridgehead atoms. The maximum atomic E-state index is 13.4. The van der Waals surface area contributed by atoms with Gasteiger partial charge in [0.1, 0.15) is 11.4 Å². The first kappa shape index (κ1) is 16.3. The average Bonchev–Trinajstić information content (AvgIpc) is 3.12. The standard InChI is InChI=1S/C19H21FN2O3/c1-22(13-4-10-6-14(23)7-11(10)5-13)19(25)16-9-21-17-3-2-12(20)8-15(17)18(16)24/h2-3,8-11,13-14,23H,4-7H2,1H3,(H,21,24)/t10-,11-,13?,14?/m1/s1. The lowest BCUT2D eigenvalue weighted by Gasteiger charge is -2.25. The number of hydrogen-bond acceptors (Lipinski definition) is 3. The minimum absolute atomic E-state index is 0.0395. The largest absolute Gasteiger partial charge is 0.393 e. The molecule has 2 aromatic rings. The number of aliphatic hydroxyl groups is 1. The normalized spacial score (nSPS) is 24.0. The molecule has 2 fully saturated rings. The first-order valence-corrected chi connectivity index (χ1v) is 8.70. The number of aromatic nitrogens is 1. The summed E-state index contributed by atoms with van der Waals surface area (Å²) in [7, 11) is 1.72. The Balaban J connectivity index is 1.60. The number of carbonyl (C=O) groups excluding carboxylic acids is 1. The van der Waals surface area contributed by atoms with Crippen LogP contribution in [0, 0.1) is 17.7 Å². The summed E-state index contributed by atoms with van der Waals surface area (Å²) in [6.07, 6.45) is 4.54. The second kappa shape index (κ2) is 5.95. The molecule has 25 heavy (non-hydrogen) atoms. The molecule has 2 N–H and O–H groups in total. The number of rotatable bonds is 2. The molecule has 1 amide bonds. The quantitative estimate of drug-likeness (QED) is 0.878. The van der Waals surface area contributed by atoms with Crippen LogP contribution in [-0.2, 0) is 0 Å². The smallest absolute Gasteiger partial charge is 0.259 e. The predicted molar refractivity (Wildman–Crippen MR) is 91.9 cm³/mol. The van der Waals surface area contributed by atoms with Crippen LogP contribution in [0.5, 0.6) is 0 Å². The van der Waals surface area contributed by atoms with Crippen molar-refractivity contribution in [3.63, 3.8) is 0 Å². The Morgan fingerprint density at radius 3 is 2.60 bits per heavy atom. The van der Waals surface area contributed by atoms with E-state index in [1.807, 2.05) is 0 Å². The SMILES string of the molecule is CN(C(=O)c1c[nH]c2ccc(F)cc2c1=O)C1C[C@@H]2CC(O)C[C@H]2C1. The molecule has 1 aromatic heterocycles. The van der Waals surface area contributed by atoms with Gasteiger partial charge in [-0.1, -0.05) is 0 Å². The van der Waals surface area contributed by atoms with Crippen LogP contribution in [0.2, 0.25) is 0 Å². The van der Waals surface area contributed by atoms with Crippen LogP contribution in [0.25, 0.3) is 10.9 Å². The van der Waals surface area contributed by atoms with Gasteiger partial charge in [0.05, 0.1) is 6.10 Å². The Bertz CT molecular complexity index is 880. The van der Waals surface area contributed by atoms with E-state index in [0.717, 1.165) is 31.7 Å². The molecule has 0 radical (unpaired) electrons. The van der Waals surface area contributed by atoms with Crippen molar-refractivity contribution in [2.75, 3.05) is 7.05 Å². The lowest BCUT2D eigenvalue weighted by atomic mass is 10.0. The summed E-state index contributed by atoms with van der Waals surface area (Å²) in [4.78, 5) is 30.0. The number of amides is 1. The summed E-state index contributed by atoms with van der Waals surface area (Å²) in [5, 5.41) is 9.94. The van der Waals surface area contributed by atoms with Crippen LogP contribution in [0.1, 0.15) is 36.0 Å². The molecule has 4 rings (SSSR count). The van der Waals surface area contributed by atoms with E-state index < -0.39 is 11.2 Å². The molecular formula is C19H21FN2O3. The molecule has 0 saturated heterocycles. The number of fused-ring (bicyclic) bond motifs is 2. The van der Waals surface area contributed by atoms with Gasteiger partial charge in [-0.3, -0.25) is 9.59 Å². The van der Waals surface area contributed by atoms with Crippen molar-refractivity contribution in [2.24, 2.45) is 11.8 Å². The van der Waals surface area contributed by atoms with Crippen molar-refractivity contribution in [1.82, 2.24) is 9.88 Å².